The molecular formula is C14H21N5O. The number of imidazole rings is 1. The number of fused-ring (bicyclic) bond motifs is 1. The van der Waals surface area contributed by atoms with Gasteiger partial charge in [-0.15, -0.1) is 0 Å². The number of β-amino-alcohol motifs (C(OH)–C–C–N with tert-alkyl or cyclic N) is 1. The van der Waals surface area contributed by atoms with Crippen LogP contribution in [0.15, 0.2) is 18.5 Å². The minimum absolute atomic E-state index is 0.404. The van der Waals surface area contributed by atoms with Crippen molar-refractivity contribution < 1.29 is 5.11 Å². The number of rotatable bonds is 4. The number of hydrogen-bond acceptors (Lipinski definition) is 4. The third-order valence-corrected chi connectivity index (χ3v) is 3.97. The maximum Gasteiger partial charge on any atom is 0.123 e. The largest absolute Gasteiger partial charge is 0.390 e. The van der Waals surface area contributed by atoms with Crippen LogP contribution in [-0.4, -0.2) is 48.5 Å². The first-order valence-electron chi connectivity index (χ1n) is 7.04. The molecule has 2 aromatic heterocycles. The maximum atomic E-state index is 10.2. The number of aromatic nitrogens is 4. The number of aryl methyl sites for hydroxylation is 1. The molecular weight excluding hydrogens is 254 g/mol. The minimum Gasteiger partial charge on any atom is -0.390 e. The summed E-state index contributed by atoms with van der Waals surface area (Å²) in [6.07, 6.45) is 3.20. The van der Waals surface area contributed by atoms with Crippen LogP contribution in [0.25, 0.3) is 0 Å². The zero-order valence-electron chi connectivity index (χ0n) is 12.0. The Kier molecular flexibility index (Phi) is 3.58. The van der Waals surface area contributed by atoms with E-state index in [1.165, 1.54) is 5.69 Å². The first-order chi connectivity index (χ1) is 9.63. The summed E-state index contributed by atoms with van der Waals surface area (Å²) in [7, 11) is 0. The second-order valence-electron chi connectivity index (χ2n) is 5.47. The second-order valence-corrected chi connectivity index (χ2v) is 5.47. The van der Waals surface area contributed by atoms with E-state index in [1.54, 1.807) is 10.9 Å². The summed E-state index contributed by atoms with van der Waals surface area (Å²) >= 11 is 0. The van der Waals surface area contributed by atoms with Crippen LogP contribution in [0.2, 0.25) is 0 Å². The lowest BCUT2D eigenvalue weighted by Gasteiger charge is -2.29. The Bertz CT molecular complexity index is 575. The van der Waals surface area contributed by atoms with E-state index in [4.69, 9.17) is 0 Å². The van der Waals surface area contributed by atoms with Crippen molar-refractivity contribution in [2.24, 2.45) is 0 Å². The molecule has 20 heavy (non-hydrogen) atoms. The number of aliphatic hydroxyl groups excluding tert-OH is 1. The molecule has 2 aromatic rings. The van der Waals surface area contributed by atoms with Gasteiger partial charge in [-0.1, -0.05) is 0 Å². The summed E-state index contributed by atoms with van der Waals surface area (Å²) in [6, 6.07) is 1.87. The minimum atomic E-state index is -0.404. The summed E-state index contributed by atoms with van der Waals surface area (Å²) in [6.45, 7) is 8.09. The molecule has 6 nitrogen and oxygen atoms in total. The van der Waals surface area contributed by atoms with E-state index in [9.17, 15) is 5.11 Å². The van der Waals surface area contributed by atoms with Crippen LogP contribution < -0.4 is 0 Å². The first kappa shape index (κ1) is 13.3. The van der Waals surface area contributed by atoms with E-state index in [0.29, 0.717) is 13.1 Å². The van der Waals surface area contributed by atoms with Crippen molar-refractivity contribution in [3.63, 3.8) is 0 Å². The second kappa shape index (κ2) is 5.38. The molecule has 0 bridgehead atoms. The molecule has 108 valence electrons. The van der Waals surface area contributed by atoms with Crippen molar-refractivity contribution in [3.8, 4) is 0 Å². The monoisotopic (exact) mass is 275 g/mol. The Labute approximate surface area is 118 Å². The molecule has 1 N–H and O–H groups in total. The normalized spacial score (nSPS) is 17.1. The van der Waals surface area contributed by atoms with Crippen molar-refractivity contribution in [3.05, 3.63) is 35.7 Å². The molecule has 0 saturated heterocycles. The molecule has 3 rings (SSSR count). The molecule has 0 radical (unpaired) electrons. The Hall–Kier alpha value is -1.66. The Morgan fingerprint density at radius 3 is 2.90 bits per heavy atom. The van der Waals surface area contributed by atoms with Crippen molar-refractivity contribution >= 4 is 0 Å². The number of aliphatic hydroxyl groups is 1. The fourth-order valence-electron chi connectivity index (χ4n) is 2.80. The topological polar surface area (TPSA) is 59.1 Å². The molecule has 0 saturated carbocycles. The maximum absolute atomic E-state index is 10.2. The predicted molar refractivity (Wildman–Crippen MR) is 75.2 cm³/mol. The summed E-state index contributed by atoms with van der Waals surface area (Å²) in [5.74, 6) is 1.11. The van der Waals surface area contributed by atoms with Gasteiger partial charge in [0.15, 0.2) is 0 Å². The van der Waals surface area contributed by atoms with Crippen molar-refractivity contribution in [2.75, 3.05) is 13.1 Å². The molecule has 1 atom stereocenters. The quantitative estimate of drug-likeness (QED) is 0.886. The molecule has 1 aliphatic rings. The van der Waals surface area contributed by atoms with Gasteiger partial charge in [-0.05, 0) is 19.9 Å². The highest BCUT2D eigenvalue weighted by molar-refractivity contribution is 5.15. The summed E-state index contributed by atoms with van der Waals surface area (Å²) in [4.78, 5) is 6.87. The van der Waals surface area contributed by atoms with Gasteiger partial charge >= 0.3 is 0 Å². The van der Waals surface area contributed by atoms with Crippen molar-refractivity contribution in [2.45, 2.75) is 39.6 Å². The molecule has 6 heteroatoms. The zero-order chi connectivity index (χ0) is 14.1. The van der Waals surface area contributed by atoms with Crippen molar-refractivity contribution in [1.82, 2.24) is 24.2 Å². The highest BCUT2D eigenvalue weighted by Crippen LogP contribution is 2.17. The van der Waals surface area contributed by atoms with E-state index >= 15 is 0 Å². The fraction of sp³-hybridized carbons (Fsp3) is 0.571. The fourth-order valence-corrected chi connectivity index (χ4v) is 2.80. The SMILES string of the molecule is Cc1nc2n(c1C)CCN(CC(O)Cn1cccn1)C2. The van der Waals surface area contributed by atoms with Crippen LogP contribution in [0.4, 0.5) is 0 Å². The van der Waals surface area contributed by atoms with Gasteiger partial charge in [-0.25, -0.2) is 4.98 Å². The molecule has 3 heterocycles. The van der Waals surface area contributed by atoms with Crippen LogP contribution in [0.1, 0.15) is 17.2 Å². The molecule has 1 aliphatic heterocycles. The van der Waals surface area contributed by atoms with E-state index < -0.39 is 6.10 Å². The van der Waals surface area contributed by atoms with Gasteiger partial charge in [0.05, 0.1) is 24.9 Å². The average Bonchev–Trinajstić information content (AvgIpc) is 2.99. The first-order valence-corrected chi connectivity index (χ1v) is 7.04. The van der Waals surface area contributed by atoms with Crippen molar-refractivity contribution in [1.29, 1.82) is 0 Å². The lowest BCUT2D eigenvalue weighted by atomic mass is 10.2. The van der Waals surface area contributed by atoms with Gasteiger partial charge in [0.25, 0.3) is 0 Å². The standard InChI is InChI=1S/C14H21N5O/c1-11-12(2)19-7-6-17(10-14(19)16-11)8-13(20)9-18-5-3-4-15-18/h3-5,13,20H,6-10H2,1-2H3. The number of hydrogen-bond donors (Lipinski definition) is 1. The third kappa shape index (κ3) is 2.62. The zero-order valence-corrected chi connectivity index (χ0v) is 12.0. The average molecular weight is 275 g/mol. The van der Waals surface area contributed by atoms with Gasteiger partial charge in [-0.2, -0.15) is 5.10 Å². The highest BCUT2D eigenvalue weighted by Gasteiger charge is 2.22. The lowest BCUT2D eigenvalue weighted by Crippen LogP contribution is -2.40. The molecule has 0 fully saturated rings. The van der Waals surface area contributed by atoms with Gasteiger partial charge in [0.1, 0.15) is 5.82 Å². The van der Waals surface area contributed by atoms with E-state index in [1.807, 2.05) is 12.3 Å². The number of nitrogens with zero attached hydrogens (tertiary/aromatic N) is 5. The van der Waals surface area contributed by atoms with Crippen LogP contribution in [0.3, 0.4) is 0 Å². The predicted octanol–water partition coefficient (Wildman–Crippen LogP) is 0.573. The molecule has 0 aromatic carbocycles. The van der Waals surface area contributed by atoms with Gasteiger partial charge in [0.2, 0.25) is 0 Å². The van der Waals surface area contributed by atoms with Gasteiger partial charge < -0.3 is 9.67 Å². The Balaban J connectivity index is 1.60. The summed E-state index contributed by atoms with van der Waals surface area (Å²) in [5, 5.41) is 14.3. The highest BCUT2D eigenvalue weighted by atomic mass is 16.3. The molecule has 0 amide bonds. The van der Waals surface area contributed by atoms with E-state index in [0.717, 1.165) is 31.2 Å². The van der Waals surface area contributed by atoms with E-state index in [-0.39, 0.29) is 0 Å². The molecule has 0 aliphatic carbocycles. The van der Waals surface area contributed by atoms with Crippen LogP contribution in [-0.2, 0) is 19.6 Å². The smallest absolute Gasteiger partial charge is 0.123 e. The third-order valence-electron chi connectivity index (χ3n) is 3.97. The van der Waals surface area contributed by atoms with Gasteiger partial charge in [0, 0.05) is 37.7 Å². The van der Waals surface area contributed by atoms with E-state index in [2.05, 4.69) is 33.4 Å². The van der Waals surface area contributed by atoms with Gasteiger partial charge in [-0.3, -0.25) is 9.58 Å². The van der Waals surface area contributed by atoms with Crippen LogP contribution in [0.5, 0.6) is 0 Å². The lowest BCUT2D eigenvalue weighted by molar-refractivity contribution is 0.0810. The van der Waals surface area contributed by atoms with Crippen LogP contribution in [0, 0.1) is 13.8 Å². The Morgan fingerprint density at radius 1 is 1.30 bits per heavy atom. The molecule has 1 unspecified atom stereocenters. The summed E-state index contributed by atoms with van der Waals surface area (Å²) < 4.78 is 4.05. The molecule has 0 spiro atoms. The van der Waals surface area contributed by atoms with Crippen LogP contribution >= 0.6 is 0 Å². The Morgan fingerprint density at radius 2 is 2.15 bits per heavy atom. The summed E-state index contributed by atoms with van der Waals surface area (Å²) in [5.41, 5.74) is 2.37.